The Kier molecular flexibility index (Phi) is 2.00. The van der Waals surface area contributed by atoms with Crippen molar-refractivity contribution in [1.29, 1.82) is 0 Å². The number of rotatable bonds is 0. The van der Waals surface area contributed by atoms with Gasteiger partial charge in [-0.25, -0.2) is 0 Å². The van der Waals surface area contributed by atoms with E-state index in [0.717, 1.165) is 5.56 Å². The van der Waals surface area contributed by atoms with Gasteiger partial charge in [0.25, 0.3) is 0 Å². The number of aromatic nitrogens is 2. The molecule has 0 atom stereocenters. The highest BCUT2D eigenvalue weighted by atomic mass is 16.3. The first kappa shape index (κ1) is 10.5. The molecule has 0 radical (unpaired) electrons. The van der Waals surface area contributed by atoms with Gasteiger partial charge in [0, 0.05) is 0 Å². The zero-order valence-electron chi connectivity index (χ0n) is 9.60. The van der Waals surface area contributed by atoms with Crippen molar-refractivity contribution in [2.75, 3.05) is 11.5 Å². The standard InChI is InChI=1S/C12H10N4O2/c1-5-3-2-4-6-8(17)7-10(13)15-12(14)16-11(7)18-9(5)6/h2-4H,1H3,(H4,13,14,15,16). The molecule has 0 fully saturated rings. The molecule has 0 amide bonds. The monoisotopic (exact) mass is 242 g/mol. The number of hydrogen-bond donors (Lipinski definition) is 2. The van der Waals surface area contributed by atoms with Crippen LogP contribution in [0.1, 0.15) is 5.56 Å². The molecule has 6 nitrogen and oxygen atoms in total. The summed E-state index contributed by atoms with van der Waals surface area (Å²) >= 11 is 0. The van der Waals surface area contributed by atoms with Gasteiger partial charge in [0.1, 0.15) is 16.8 Å². The van der Waals surface area contributed by atoms with E-state index in [1.807, 2.05) is 13.0 Å². The van der Waals surface area contributed by atoms with E-state index in [9.17, 15) is 4.79 Å². The first-order valence-corrected chi connectivity index (χ1v) is 5.33. The van der Waals surface area contributed by atoms with Crippen LogP contribution in [0.2, 0.25) is 0 Å². The van der Waals surface area contributed by atoms with Crippen LogP contribution in [-0.2, 0) is 0 Å². The minimum absolute atomic E-state index is 0.0175. The molecule has 0 bridgehead atoms. The fraction of sp³-hybridized carbons (Fsp3) is 0.0833. The number of nitrogen functional groups attached to an aromatic ring is 2. The van der Waals surface area contributed by atoms with Crippen LogP contribution in [0.4, 0.5) is 11.8 Å². The summed E-state index contributed by atoms with van der Waals surface area (Å²) in [4.78, 5) is 20.0. The van der Waals surface area contributed by atoms with Gasteiger partial charge in [-0.1, -0.05) is 12.1 Å². The van der Waals surface area contributed by atoms with Crippen molar-refractivity contribution in [2.45, 2.75) is 6.92 Å². The Hall–Kier alpha value is -2.63. The van der Waals surface area contributed by atoms with Gasteiger partial charge in [0.2, 0.25) is 17.1 Å². The van der Waals surface area contributed by atoms with Crippen LogP contribution in [0.5, 0.6) is 0 Å². The maximum absolute atomic E-state index is 12.3. The maximum atomic E-state index is 12.3. The molecule has 0 aliphatic rings. The molecule has 2 heterocycles. The van der Waals surface area contributed by atoms with E-state index in [2.05, 4.69) is 9.97 Å². The number of benzene rings is 1. The third-order valence-corrected chi connectivity index (χ3v) is 2.80. The fourth-order valence-corrected chi connectivity index (χ4v) is 1.96. The van der Waals surface area contributed by atoms with Gasteiger partial charge in [-0.3, -0.25) is 4.79 Å². The van der Waals surface area contributed by atoms with Crippen molar-refractivity contribution >= 4 is 33.8 Å². The van der Waals surface area contributed by atoms with Crippen molar-refractivity contribution < 1.29 is 4.42 Å². The number of nitrogens with two attached hydrogens (primary N) is 2. The highest BCUT2D eigenvalue weighted by Crippen LogP contribution is 2.22. The van der Waals surface area contributed by atoms with E-state index in [1.54, 1.807) is 12.1 Å². The molecular formula is C12H10N4O2. The summed E-state index contributed by atoms with van der Waals surface area (Å²) in [7, 11) is 0. The molecular weight excluding hydrogens is 232 g/mol. The number of nitrogens with zero attached hydrogens (tertiary/aromatic N) is 2. The number of hydrogen-bond acceptors (Lipinski definition) is 6. The van der Waals surface area contributed by atoms with Gasteiger partial charge in [0.05, 0.1) is 5.39 Å². The Morgan fingerprint density at radius 2 is 2.00 bits per heavy atom. The van der Waals surface area contributed by atoms with Crippen LogP contribution in [0.15, 0.2) is 27.4 Å². The Balaban J connectivity index is 2.66. The number of aryl methyl sites for hydroxylation is 1. The summed E-state index contributed by atoms with van der Waals surface area (Å²) in [6.45, 7) is 1.85. The smallest absolute Gasteiger partial charge is 0.237 e. The molecule has 0 aliphatic heterocycles. The molecule has 1 aromatic carbocycles. The lowest BCUT2D eigenvalue weighted by Crippen LogP contribution is -2.10. The van der Waals surface area contributed by atoms with E-state index in [-0.39, 0.29) is 28.3 Å². The second kappa shape index (κ2) is 3.43. The molecule has 2 aromatic heterocycles. The normalized spacial score (nSPS) is 11.2. The maximum Gasteiger partial charge on any atom is 0.237 e. The second-order valence-corrected chi connectivity index (χ2v) is 4.03. The molecule has 0 spiro atoms. The van der Waals surface area contributed by atoms with Gasteiger partial charge in [-0.05, 0) is 18.6 Å². The number of anilines is 2. The second-order valence-electron chi connectivity index (χ2n) is 4.03. The molecule has 3 rings (SSSR count). The quantitative estimate of drug-likeness (QED) is 0.573. The first-order chi connectivity index (χ1) is 8.58. The molecule has 0 unspecified atom stereocenters. The van der Waals surface area contributed by atoms with Gasteiger partial charge in [-0.15, -0.1) is 0 Å². The van der Waals surface area contributed by atoms with E-state index < -0.39 is 0 Å². The lowest BCUT2D eigenvalue weighted by Gasteiger charge is -2.04. The van der Waals surface area contributed by atoms with Crippen molar-refractivity contribution in [3.63, 3.8) is 0 Å². The van der Waals surface area contributed by atoms with E-state index in [0.29, 0.717) is 11.0 Å². The van der Waals surface area contributed by atoms with Crippen LogP contribution < -0.4 is 16.9 Å². The predicted molar refractivity (Wildman–Crippen MR) is 69.1 cm³/mol. The van der Waals surface area contributed by atoms with Crippen LogP contribution in [-0.4, -0.2) is 9.97 Å². The van der Waals surface area contributed by atoms with Crippen LogP contribution in [0, 0.1) is 6.92 Å². The van der Waals surface area contributed by atoms with Gasteiger partial charge in [0.15, 0.2) is 0 Å². The Morgan fingerprint density at radius 3 is 2.78 bits per heavy atom. The minimum Gasteiger partial charge on any atom is -0.437 e. The molecule has 0 saturated heterocycles. The Bertz CT molecular complexity index is 839. The highest BCUT2D eigenvalue weighted by molar-refractivity contribution is 5.94. The lowest BCUT2D eigenvalue weighted by molar-refractivity contribution is 0.641. The number of para-hydroxylation sites is 1. The molecule has 90 valence electrons. The summed E-state index contributed by atoms with van der Waals surface area (Å²) in [6, 6.07) is 5.32. The van der Waals surface area contributed by atoms with Gasteiger partial charge >= 0.3 is 0 Å². The minimum atomic E-state index is -0.243. The van der Waals surface area contributed by atoms with Crippen molar-refractivity contribution in [1.82, 2.24) is 9.97 Å². The van der Waals surface area contributed by atoms with E-state index >= 15 is 0 Å². The van der Waals surface area contributed by atoms with Crippen LogP contribution in [0.25, 0.3) is 22.1 Å². The fourth-order valence-electron chi connectivity index (χ4n) is 1.96. The average molecular weight is 242 g/mol. The summed E-state index contributed by atoms with van der Waals surface area (Å²) in [5.41, 5.74) is 12.4. The van der Waals surface area contributed by atoms with Crippen molar-refractivity contribution in [3.8, 4) is 0 Å². The van der Waals surface area contributed by atoms with Crippen LogP contribution in [0.3, 0.4) is 0 Å². The molecule has 6 heteroatoms. The summed E-state index contributed by atoms with van der Waals surface area (Å²) in [5, 5.41) is 0.630. The zero-order valence-corrected chi connectivity index (χ0v) is 9.60. The Morgan fingerprint density at radius 1 is 1.22 bits per heavy atom. The Labute approximate surface area is 101 Å². The SMILES string of the molecule is Cc1cccc2c(=O)c3c(N)nc(N)nc3oc12. The molecule has 4 N–H and O–H groups in total. The first-order valence-electron chi connectivity index (χ1n) is 5.33. The average Bonchev–Trinajstić information content (AvgIpc) is 2.30. The van der Waals surface area contributed by atoms with Crippen molar-refractivity contribution in [2.24, 2.45) is 0 Å². The van der Waals surface area contributed by atoms with Crippen molar-refractivity contribution in [3.05, 3.63) is 34.0 Å². The molecule has 0 aliphatic carbocycles. The predicted octanol–water partition coefficient (Wildman–Crippen LogP) is 1.21. The summed E-state index contributed by atoms with van der Waals surface area (Å²) < 4.78 is 5.61. The third-order valence-electron chi connectivity index (χ3n) is 2.80. The molecule has 0 saturated carbocycles. The number of fused-ring (bicyclic) bond motifs is 2. The van der Waals surface area contributed by atoms with Gasteiger partial charge in [-0.2, -0.15) is 9.97 Å². The zero-order chi connectivity index (χ0) is 12.9. The van der Waals surface area contributed by atoms with E-state index in [4.69, 9.17) is 15.9 Å². The lowest BCUT2D eigenvalue weighted by atomic mass is 10.1. The molecule has 3 aromatic rings. The largest absolute Gasteiger partial charge is 0.437 e. The highest BCUT2D eigenvalue weighted by Gasteiger charge is 2.14. The van der Waals surface area contributed by atoms with Crippen LogP contribution >= 0.6 is 0 Å². The third kappa shape index (κ3) is 1.32. The topological polar surface area (TPSA) is 108 Å². The summed E-state index contributed by atoms with van der Waals surface area (Å²) in [6.07, 6.45) is 0. The van der Waals surface area contributed by atoms with Gasteiger partial charge < -0.3 is 15.9 Å². The summed E-state index contributed by atoms with van der Waals surface area (Å²) in [5.74, 6) is 0.0192. The van der Waals surface area contributed by atoms with E-state index in [1.165, 1.54) is 0 Å². The molecule has 18 heavy (non-hydrogen) atoms.